The number of hydrogen-bond donors (Lipinski definition) is 2. The van der Waals surface area contributed by atoms with Crippen LogP contribution >= 0.6 is 0 Å². The van der Waals surface area contributed by atoms with Crippen LogP contribution in [0.5, 0.6) is 0 Å². The molecule has 0 spiro atoms. The third kappa shape index (κ3) is 2.53. The third-order valence-electron chi connectivity index (χ3n) is 1.90. The van der Waals surface area contributed by atoms with Crippen molar-refractivity contribution in [1.29, 1.82) is 5.26 Å². The van der Waals surface area contributed by atoms with Crippen molar-refractivity contribution in [3.8, 4) is 6.07 Å². The number of anilines is 2. The number of nitrogens with two attached hydrogens (primary N) is 1. The van der Waals surface area contributed by atoms with Crippen LogP contribution in [0.15, 0.2) is 31.0 Å². The van der Waals surface area contributed by atoms with Crippen LogP contribution in [0.3, 0.4) is 0 Å². The summed E-state index contributed by atoms with van der Waals surface area (Å²) in [6.07, 6.45) is 2.84. The van der Waals surface area contributed by atoms with Crippen molar-refractivity contribution in [2.45, 2.75) is 12.8 Å². The predicted molar refractivity (Wildman–Crippen MR) is 58.6 cm³/mol. The van der Waals surface area contributed by atoms with E-state index in [1.54, 1.807) is 6.20 Å². The van der Waals surface area contributed by atoms with E-state index in [1.165, 1.54) is 0 Å². The van der Waals surface area contributed by atoms with E-state index in [0.29, 0.717) is 12.1 Å². The zero-order chi connectivity index (χ0) is 10.4. The fourth-order valence-corrected chi connectivity index (χ4v) is 1.25. The largest absolute Gasteiger partial charge is 0.399 e. The van der Waals surface area contributed by atoms with Crippen LogP contribution in [0.2, 0.25) is 0 Å². The fraction of sp³-hybridized carbons (Fsp3) is 0.182. The van der Waals surface area contributed by atoms with Crippen molar-refractivity contribution >= 4 is 11.4 Å². The second-order valence-electron chi connectivity index (χ2n) is 2.92. The Hall–Kier alpha value is -1.95. The minimum Gasteiger partial charge on any atom is -0.399 e. The summed E-state index contributed by atoms with van der Waals surface area (Å²) in [5.41, 5.74) is 8.36. The maximum Gasteiger partial charge on any atom is 0.0625 e. The Kier molecular flexibility index (Phi) is 3.57. The monoisotopic (exact) mass is 187 g/mol. The standard InChI is InChI=1S/C11H13N3/c1-2-14-11-8-10(13)6-5-9(11)4-3-7-12/h2,5-6,8,14H,1,3-4,13H2. The Morgan fingerprint density at radius 3 is 3.00 bits per heavy atom. The summed E-state index contributed by atoms with van der Waals surface area (Å²) in [6, 6.07) is 7.72. The molecule has 0 fully saturated rings. The Bertz CT molecular complexity index is 363. The molecule has 0 heterocycles. The van der Waals surface area contributed by atoms with Gasteiger partial charge in [0.05, 0.1) is 6.07 Å². The number of nitrogens with one attached hydrogen (secondary N) is 1. The van der Waals surface area contributed by atoms with E-state index >= 15 is 0 Å². The summed E-state index contributed by atoms with van der Waals surface area (Å²) in [6.45, 7) is 3.59. The van der Waals surface area contributed by atoms with Crippen LogP contribution in [0, 0.1) is 11.3 Å². The van der Waals surface area contributed by atoms with Crippen LogP contribution < -0.4 is 11.1 Å². The minimum absolute atomic E-state index is 0.510. The number of rotatable bonds is 4. The van der Waals surface area contributed by atoms with E-state index in [4.69, 9.17) is 11.0 Å². The summed E-state index contributed by atoms with van der Waals surface area (Å²) < 4.78 is 0. The lowest BCUT2D eigenvalue weighted by Gasteiger charge is -2.08. The molecule has 0 unspecified atom stereocenters. The summed E-state index contributed by atoms with van der Waals surface area (Å²) in [4.78, 5) is 0. The van der Waals surface area contributed by atoms with Gasteiger partial charge in [0, 0.05) is 17.8 Å². The molecule has 0 aliphatic carbocycles. The van der Waals surface area contributed by atoms with E-state index in [2.05, 4.69) is 18.0 Å². The molecule has 0 aliphatic heterocycles. The molecule has 0 atom stereocenters. The second kappa shape index (κ2) is 4.93. The highest BCUT2D eigenvalue weighted by Crippen LogP contribution is 2.20. The van der Waals surface area contributed by atoms with Gasteiger partial charge in [-0.2, -0.15) is 5.26 Å². The topological polar surface area (TPSA) is 61.8 Å². The Morgan fingerprint density at radius 1 is 1.57 bits per heavy atom. The van der Waals surface area contributed by atoms with Gasteiger partial charge in [0.25, 0.3) is 0 Å². The van der Waals surface area contributed by atoms with Gasteiger partial charge in [-0.15, -0.1) is 0 Å². The van der Waals surface area contributed by atoms with Crippen molar-refractivity contribution in [2.75, 3.05) is 11.1 Å². The van der Waals surface area contributed by atoms with E-state index in [-0.39, 0.29) is 0 Å². The number of nitrogen functional groups attached to an aromatic ring is 1. The zero-order valence-corrected chi connectivity index (χ0v) is 7.96. The number of nitrogens with zero attached hydrogens (tertiary/aromatic N) is 1. The van der Waals surface area contributed by atoms with Crippen LogP contribution in [0.25, 0.3) is 0 Å². The van der Waals surface area contributed by atoms with Crippen molar-refractivity contribution in [3.63, 3.8) is 0 Å². The van der Waals surface area contributed by atoms with E-state index < -0.39 is 0 Å². The first-order valence-electron chi connectivity index (χ1n) is 4.40. The highest BCUT2D eigenvalue weighted by Gasteiger charge is 2.00. The van der Waals surface area contributed by atoms with Gasteiger partial charge in [0.2, 0.25) is 0 Å². The summed E-state index contributed by atoms with van der Waals surface area (Å²) >= 11 is 0. The normalized spacial score (nSPS) is 9.07. The SMILES string of the molecule is C=CNc1cc(N)ccc1CCC#N. The van der Waals surface area contributed by atoms with E-state index in [1.807, 2.05) is 18.2 Å². The molecule has 1 aromatic rings. The van der Waals surface area contributed by atoms with Crippen LogP contribution in [-0.2, 0) is 6.42 Å². The van der Waals surface area contributed by atoms with Crippen molar-refractivity contribution in [1.82, 2.24) is 0 Å². The van der Waals surface area contributed by atoms with Gasteiger partial charge in [-0.1, -0.05) is 12.6 Å². The molecule has 1 aromatic carbocycles. The minimum atomic E-state index is 0.510. The van der Waals surface area contributed by atoms with Crippen molar-refractivity contribution < 1.29 is 0 Å². The second-order valence-corrected chi connectivity index (χ2v) is 2.92. The van der Waals surface area contributed by atoms with Gasteiger partial charge in [-0.3, -0.25) is 0 Å². The average molecular weight is 187 g/mol. The lowest BCUT2D eigenvalue weighted by atomic mass is 10.1. The van der Waals surface area contributed by atoms with Gasteiger partial charge >= 0.3 is 0 Å². The molecule has 0 aliphatic rings. The molecular weight excluding hydrogens is 174 g/mol. The number of hydrogen-bond acceptors (Lipinski definition) is 3. The molecule has 0 amide bonds. The Labute approximate surface area is 83.8 Å². The van der Waals surface area contributed by atoms with Gasteiger partial charge in [-0.05, 0) is 30.3 Å². The number of benzene rings is 1. The summed E-state index contributed by atoms with van der Waals surface area (Å²) in [7, 11) is 0. The van der Waals surface area contributed by atoms with Crippen molar-refractivity contribution in [2.24, 2.45) is 0 Å². The highest BCUT2D eigenvalue weighted by molar-refractivity contribution is 5.60. The first-order chi connectivity index (χ1) is 6.77. The average Bonchev–Trinajstić information content (AvgIpc) is 2.17. The molecule has 3 nitrogen and oxygen atoms in total. The van der Waals surface area contributed by atoms with Gasteiger partial charge in [0.15, 0.2) is 0 Å². The van der Waals surface area contributed by atoms with Gasteiger partial charge in [-0.25, -0.2) is 0 Å². The number of nitriles is 1. The smallest absolute Gasteiger partial charge is 0.0625 e. The molecule has 0 radical (unpaired) electrons. The van der Waals surface area contributed by atoms with E-state index in [9.17, 15) is 0 Å². The maximum atomic E-state index is 8.49. The fourth-order valence-electron chi connectivity index (χ4n) is 1.25. The molecular formula is C11H13N3. The lowest BCUT2D eigenvalue weighted by Crippen LogP contribution is -1.96. The molecule has 1 rings (SSSR count). The molecule has 72 valence electrons. The molecule has 14 heavy (non-hydrogen) atoms. The summed E-state index contributed by atoms with van der Waals surface area (Å²) in [5, 5.41) is 11.5. The quantitative estimate of drug-likeness (QED) is 0.711. The van der Waals surface area contributed by atoms with Crippen molar-refractivity contribution in [3.05, 3.63) is 36.5 Å². The van der Waals surface area contributed by atoms with Gasteiger partial charge in [0.1, 0.15) is 0 Å². The third-order valence-corrected chi connectivity index (χ3v) is 1.90. The van der Waals surface area contributed by atoms with Crippen LogP contribution in [-0.4, -0.2) is 0 Å². The first kappa shape index (κ1) is 10.1. The summed E-state index contributed by atoms with van der Waals surface area (Å²) in [5.74, 6) is 0. The molecule has 3 N–H and O–H groups in total. The zero-order valence-electron chi connectivity index (χ0n) is 7.96. The Balaban J connectivity index is 2.90. The molecule has 0 aromatic heterocycles. The highest BCUT2D eigenvalue weighted by atomic mass is 14.8. The molecule has 3 heteroatoms. The maximum absolute atomic E-state index is 8.49. The molecule has 0 saturated carbocycles. The number of aryl methyl sites for hydroxylation is 1. The molecule has 0 bridgehead atoms. The lowest BCUT2D eigenvalue weighted by molar-refractivity contribution is 1.01. The molecule has 0 saturated heterocycles. The van der Waals surface area contributed by atoms with Crippen LogP contribution in [0.4, 0.5) is 11.4 Å². The Morgan fingerprint density at radius 2 is 2.36 bits per heavy atom. The van der Waals surface area contributed by atoms with E-state index in [0.717, 1.165) is 17.7 Å². The predicted octanol–water partition coefficient (Wildman–Crippen LogP) is 2.28. The first-order valence-corrected chi connectivity index (χ1v) is 4.40. The van der Waals surface area contributed by atoms with Crippen LogP contribution in [0.1, 0.15) is 12.0 Å². The van der Waals surface area contributed by atoms with Gasteiger partial charge < -0.3 is 11.1 Å².